The van der Waals surface area contributed by atoms with E-state index in [-0.39, 0.29) is 57.1 Å². The van der Waals surface area contributed by atoms with Crippen LogP contribution in [0.1, 0.15) is 101 Å². The first kappa shape index (κ1) is 26.8. The normalized spacial score (nSPS) is 43.0. The standard InChI is InChI=1S/C32H46O5/c1-18(16-22(36-19(2)33)27-29(5,6)37-27)26-20-10-11-24-30(7)14-13-25(35)28(3,4)23(30)12-15-31(24,8)32(20,9)17-21(26)34/h10-11,18,22-24,27H,12-17H2,1-9H3/t18-,22+,23?,24?,27-,30+,31+,32+/m1/s1. The SMILES string of the molecule is CC(=O)O[C@@H](C[C@@H](C)C1=C2C=CC3[C@@]4(C)CCC(=O)C(C)(C)C4CC[C@]3(C)[C@@]2(C)CC1=O)[C@H]1OC1(C)C. The van der Waals surface area contributed by atoms with E-state index in [0.29, 0.717) is 36.9 Å². The summed E-state index contributed by atoms with van der Waals surface area (Å²) >= 11 is 0. The highest BCUT2D eigenvalue weighted by molar-refractivity contribution is 6.01. The van der Waals surface area contributed by atoms with Crippen LogP contribution in [-0.2, 0) is 23.9 Å². The molecule has 5 rings (SSSR count). The molecule has 3 fully saturated rings. The summed E-state index contributed by atoms with van der Waals surface area (Å²) in [7, 11) is 0. The van der Waals surface area contributed by atoms with E-state index in [2.05, 4.69) is 53.7 Å². The van der Waals surface area contributed by atoms with Gasteiger partial charge in [-0.1, -0.05) is 53.7 Å². The summed E-state index contributed by atoms with van der Waals surface area (Å²) in [6.45, 7) is 19.0. The lowest BCUT2D eigenvalue weighted by molar-refractivity contribution is -0.165. The van der Waals surface area contributed by atoms with Gasteiger partial charge in [0, 0.05) is 36.2 Å². The van der Waals surface area contributed by atoms with Gasteiger partial charge < -0.3 is 9.47 Å². The Labute approximate surface area is 222 Å². The van der Waals surface area contributed by atoms with E-state index in [4.69, 9.17) is 9.47 Å². The van der Waals surface area contributed by atoms with Gasteiger partial charge in [-0.2, -0.15) is 0 Å². The molecule has 1 aliphatic heterocycles. The molecule has 0 radical (unpaired) electrons. The van der Waals surface area contributed by atoms with Crippen LogP contribution >= 0.6 is 0 Å². The molecule has 5 nitrogen and oxygen atoms in total. The predicted molar refractivity (Wildman–Crippen MR) is 143 cm³/mol. The van der Waals surface area contributed by atoms with E-state index in [0.717, 1.165) is 24.8 Å². The number of ketones is 2. The minimum atomic E-state index is -0.359. The minimum Gasteiger partial charge on any atom is -0.460 e. The Kier molecular flexibility index (Phi) is 5.90. The highest BCUT2D eigenvalue weighted by Crippen LogP contribution is 2.72. The molecule has 2 saturated carbocycles. The van der Waals surface area contributed by atoms with Gasteiger partial charge in [0.2, 0.25) is 0 Å². The van der Waals surface area contributed by atoms with Gasteiger partial charge in [0.25, 0.3) is 0 Å². The maximum absolute atomic E-state index is 13.8. The molecule has 8 atom stereocenters. The number of carbonyl (C=O) groups is 3. The first-order valence-corrected chi connectivity index (χ1v) is 14.3. The maximum atomic E-state index is 13.8. The number of esters is 1. The van der Waals surface area contributed by atoms with E-state index in [1.807, 2.05) is 13.8 Å². The monoisotopic (exact) mass is 510 g/mol. The molecule has 1 saturated heterocycles. The number of allylic oxidation sites excluding steroid dienone is 4. The van der Waals surface area contributed by atoms with Crippen molar-refractivity contribution in [3.05, 3.63) is 23.3 Å². The second-order valence-electron chi connectivity index (χ2n) is 14.7. The van der Waals surface area contributed by atoms with E-state index in [1.165, 1.54) is 12.5 Å². The molecule has 0 bridgehead atoms. The number of rotatable bonds is 5. The third-order valence-electron chi connectivity index (χ3n) is 11.8. The lowest BCUT2D eigenvalue weighted by atomic mass is 9.37. The van der Waals surface area contributed by atoms with Crippen LogP contribution in [0.5, 0.6) is 0 Å². The van der Waals surface area contributed by atoms with Gasteiger partial charge in [0.15, 0.2) is 5.78 Å². The van der Waals surface area contributed by atoms with Crippen molar-refractivity contribution in [1.82, 2.24) is 0 Å². The summed E-state index contributed by atoms with van der Waals surface area (Å²) in [6.07, 6.45) is 8.91. The third-order valence-corrected chi connectivity index (χ3v) is 11.8. The zero-order chi connectivity index (χ0) is 27.3. The van der Waals surface area contributed by atoms with Crippen molar-refractivity contribution in [2.45, 2.75) is 119 Å². The van der Waals surface area contributed by atoms with Gasteiger partial charge in [0.1, 0.15) is 18.0 Å². The molecular weight excluding hydrogens is 464 g/mol. The molecule has 204 valence electrons. The molecule has 0 N–H and O–H groups in total. The summed E-state index contributed by atoms with van der Waals surface area (Å²) in [5.74, 6) is 0.993. The van der Waals surface area contributed by atoms with E-state index >= 15 is 0 Å². The maximum Gasteiger partial charge on any atom is 0.302 e. The average Bonchev–Trinajstić information content (AvgIpc) is 3.31. The number of ether oxygens (including phenoxy) is 2. The van der Waals surface area contributed by atoms with Crippen LogP contribution in [-0.4, -0.2) is 35.3 Å². The number of fused-ring (bicyclic) bond motifs is 5. The Bertz CT molecular complexity index is 1110. The molecule has 4 aliphatic carbocycles. The van der Waals surface area contributed by atoms with Crippen LogP contribution in [0.15, 0.2) is 23.3 Å². The molecule has 0 amide bonds. The van der Waals surface area contributed by atoms with Crippen LogP contribution in [0.25, 0.3) is 0 Å². The van der Waals surface area contributed by atoms with Crippen LogP contribution in [0.3, 0.4) is 0 Å². The fourth-order valence-electron chi connectivity index (χ4n) is 9.54. The number of carbonyl (C=O) groups excluding carboxylic acids is 3. The lowest BCUT2D eigenvalue weighted by Crippen LogP contribution is -2.61. The Balaban J connectivity index is 1.51. The van der Waals surface area contributed by atoms with Crippen molar-refractivity contribution in [3.8, 4) is 0 Å². The number of epoxide rings is 1. The van der Waals surface area contributed by atoms with Crippen molar-refractivity contribution >= 4 is 17.5 Å². The number of Topliss-reactive ketones (excluding diaryl/α,β-unsaturated/α-hetero) is 2. The van der Waals surface area contributed by atoms with Crippen LogP contribution in [0.4, 0.5) is 0 Å². The summed E-state index contributed by atoms with van der Waals surface area (Å²) in [5.41, 5.74) is 1.26. The zero-order valence-corrected chi connectivity index (χ0v) is 24.3. The van der Waals surface area contributed by atoms with Crippen molar-refractivity contribution in [1.29, 1.82) is 0 Å². The van der Waals surface area contributed by atoms with E-state index < -0.39 is 0 Å². The molecule has 0 aromatic heterocycles. The Morgan fingerprint density at radius 1 is 1.11 bits per heavy atom. The van der Waals surface area contributed by atoms with Crippen molar-refractivity contribution in [2.24, 2.45) is 39.4 Å². The second-order valence-corrected chi connectivity index (χ2v) is 14.7. The fourth-order valence-corrected chi connectivity index (χ4v) is 9.54. The molecule has 0 aromatic carbocycles. The van der Waals surface area contributed by atoms with Gasteiger partial charge >= 0.3 is 5.97 Å². The molecule has 0 spiro atoms. The Hall–Kier alpha value is -1.75. The molecule has 0 aromatic rings. The summed E-state index contributed by atoms with van der Waals surface area (Å²) < 4.78 is 11.5. The van der Waals surface area contributed by atoms with Crippen molar-refractivity contribution in [2.75, 3.05) is 0 Å². The highest BCUT2D eigenvalue weighted by Gasteiger charge is 2.67. The Morgan fingerprint density at radius 3 is 2.35 bits per heavy atom. The van der Waals surface area contributed by atoms with Crippen LogP contribution < -0.4 is 0 Å². The topological polar surface area (TPSA) is 73.0 Å². The van der Waals surface area contributed by atoms with Gasteiger partial charge in [-0.15, -0.1) is 0 Å². The Morgan fingerprint density at radius 2 is 1.76 bits per heavy atom. The third kappa shape index (κ3) is 3.69. The van der Waals surface area contributed by atoms with Gasteiger partial charge in [-0.05, 0) is 73.7 Å². The van der Waals surface area contributed by atoms with E-state index in [9.17, 15) is 14.4 Å². The van der Waals surface area contributed by atoms with Gasteiger partial charge in [-0.25, -0.2) is 0 Å². The second kappa shape index (κ2) is 8.13. The molecule has 1 heterocycles. The van der Waals surface area contributed by atoms with E-state index in [1.54, 1.807) is 0 Å². The highest BCUT2D eigenvalue weighted by atomic mass is 16.6. The average molecular weight is 511 g/mol. The summed E-state index contributed by atoms with van der Waals surface area (Å²) in [5, 5.41) is 0. The number of hydrogen-bond acceptors (Lipinski definition) is 5. The fraction of sp³-hybridized carbons (Fsp3) is 0.781. The van der Waals surface area contributed by atoms with Crippen LogP contribution in [0.2, 0.25) is 0 Å². The smallest absolute Gasteiger partial charge is 0.302 e. The van der Waals surface area contributed by atoms with Gasteiger partial charge in [0.05, 0.1) is 5.60 Å². The van der Waals surface area contributed by atoms with Crippen LogP contribution in [0, 0.1) is 39.4 Å². The minimum absolute atomic E-state index is 0.0309. The quantitative estimate of drug-likeness (QED) is 0.316. The van der Waals surface area contributed by atoms with Crippen molar-refractivity contribution < 1.29 is 23.9 Å². The summed E-state index contributed by atoms with van der Waals surface area (Å²) in [6, 6.07) is 0. The first-order chi connectivity index (χ1) is 17.0. The molecule has 5 heteroatoms. The predicted octanol–water partition coefficient (Wildman–Crippen LogP) is 6.40. The first-order valence-electron chi connectivity index (χ1n) is 14.3. The van der Waals surface area contributed by atoms with Gasteiger partial charge in [-0.3, -0.25) is 14.4 Å². The summed E-state index contributed by atoms with van der Waals surface area (Å²) in [4.78, 5) is 38.5. The van der Waals surface area contributed by atoms with Crippen molar-refractivity contribution in [3.63, 3.8) is 0 Å². The zero-order valence-electron chi connectivity index (χ0n) is 24.3. The lowest BCUT2D eigenvalue weighted by Gasteiger charge is -2.66. The molecule has 2 unspecified atom stereocenters. The molecule has 37 heavy (non-hydrogen) atoms. The number of hydrogen-bond donors (Lipinski definition) is 0. The largest absolute Gasteiger partial charge is 0.460 e. The molecular formula is C32H46O5. The molecule has 5 aliphatic rings.